The number of carbonyl (C=O) groups is 1. The van der Waals surface area contributed by atoms with E-state index >= 15 is 0 Å². The SMILES string of the molecule is COCCNCC(=O)NC(Cc1ccccc1)c1ccccc1F.Cl. The van der Waals surface area contributed by atoms with Gasteiger partial charge in [0.2, 0.25) is 5.91 Å². The maximum Gasteiger partial charge on any atom is 0.234 e. The van der Waals surface area contributed by atoms with Crippen LogP contribution in [-0.2, 0) is 16.0 Å². The van der Waals surface area contributed by atoms with Crippen LogP contribution in [0.1, 0.15) is 17.2 Å². The minimum absolute atomic E-state index is 0. The second-order valence-electron chi connectivity index (χ2n) is 5.50. The Kier molecular flexibility index (Phi) is 9.77. The highest BCUT2D eigenvalue weighted by molar-refractivity contribution is 5.85. The van der Waals surface area contributed by atoms with E-state index in [9.17, 15) is 9.18 Å². The summed E-state index contributed by atoms with van der Waals surface area (Å²) in [7, 11) is 1.61. The average molecular weight is 367 g/mol. The lowest BCUT2D eigenvalue weighted by atomic mass is 9.98. The molecule has 1 unspecified atom stereocenters. The predicted molar refractivity (Wildman–Crippen MR) is 99.4 cm³/mol. The first kappa shape index (κ1) is 21.1. The van der Waals surface area contributed by atoms with Gasteiger partial charge in [0, 0.05) is 19.2 Å². The first-order chi connectivity index (χ1) is 11.7. The number of hydrogen-bond donors (Lipinski definition) is 2. The van der Waals surface area contributed by atoms with E-state index in [4.69, 9.17) is 4.74 Å². The van der Waals surface area contributed by atoms with E-state index in [1.54, 1.807) is 25.3 Å². The van der Waals surface area contributed by atoms with Crippen LogP contribution in [0.4, 0.5) is 4.39 Å². The van der Waals surface area contributed by atoms with Crippen LogP contribution in [-0.4, -0.2) is 32.7 Å². The number of ether oxygens (including phenoxy) is 1. The van der Waals surface area contributed by atoms with Crippen LogP contribution in [0, 0.1) is 5.82 Å². The highest BCUT2D eigenvalue weighted by atomic mass is 35.5. The molecule has 2 aromatic rings. The Balaban J connectivity index is 0.00000312. The summed E-state index contributed by atoms with van der Waals surface area (Å²) in [5.41, 5.74) is 1.53. The Morgan fingerprint density at radius 1 is 1.12 bits per heavy atom. The first-order valence-electron chi connectivity index (χ1n) is 7.98. The number of benzene rings is 2. The lowest BCUT2D eigenvalue weighted by Crippen LogP contribution is -2.38. The van der Waals surface area contributed by atoms with Crippen molar-refractivity contribution in [3.63, 3.8) is 0 Å². The standard InChI is InChI=1S/C19H23FN2O2.ClH/c1-24-12-11-21-14-19(23)22-18(13-15-7-3-2-4-8-15)16-9-5-6-10-17(16)20;/h2-10,18,21H,11-14H2,1H3,(H,22,23);1H. The molecular weight excluding hydrogens is 343 g/mol. The third-order valence-corrected chi connectivity index (χ3v) is 3.67. The number of halogens is 2. The highest BCUT2D eigenvalue weighted by Crippen LogP contribution is 2.21. The van der Waals surface area contributed by atoms with Gasteiger partial charge in [0.15, 0.2) is 0 Å². The molecule has 0 saturated heterocycles. The molecule has 0 radical (unpaired) electrons. The van der Waals surface area contributed by atoms with Crippen molar-refractivity contribution in [3.05, 3.63) is 71.5 Å². The fraction of sp³-hybridized carbons (Fsp3) is 0.316. The smallest absolute Gasteiger partial charge is 0.234 e. The summed E-state index contributed by atoms with van der Waals surface area (Å²) in [6.45, 7) is 1.30. The Morgan fingerprint density at radius 2 is 1.80 bits per heavy atom. The molecule has 0 aliphatic heterocycles. The Morgan fingerprint density at radius 3 is 2.48 bits per heavy atom. The van der Waals surface area contributed by atoms with Gasteiger partial charge in [0.25, 0.3) is 0 Å². The molecule has 2 aromatic carbocycles. The minimum atomic E-state index is -0.412. The summed E-state index contributed by atoms with van der Waals surface area (Å²) in [5, 5.41) is 5.91. The molecular formula is C19H24ClFN2O2. The van der Waals surface area contributed by atoms with E-state index in [0.717, 1.165) is 5.56 Å². The molecule has 1 atom stereocenters. The van der Waals surface area contributed by atoms with Gasteiger partial charge in [-0.05, 0) is 18.1 Å². The summed E-state index contributed by atoms with van der Waals surface area (Å²) in [5.74, 6) is -0.485. The molecule has 0 bridgehead atoms. The molecule has 2 N–H and O–H groups in total. The first-order valence-corrected chi connectivity index (χ1v) is 7.98. The lowest BCUT2D eigenvalue weighted by Gasteiger charge is -2.20. The molecule has 0 heterocycles. The number of amides is 1. The third kappa shape index (κ3) is 7.22. The Labute approximate surface area is 154 Å². The van der Waals surface area contributed by atoms with Crippen molar-refractivity contribution in [2.45, 2.75) is 12.5 Å². The number of rotatable bonds is 9. The maximum atomic E-state index is 14.2. The summed E-state index contributed by atoms with van der Waals surface area (Å²) < 4.78 is 19.1. The molecule has 2 rings (SSSR count). The molecule has 6 heteroatoms. The van der Waals surface area contributed by atoms with Gasteiger partial charge in [-0.15, -0.1) is 12.4 Å². The van der Waals surface area contributed by atoms with Crippen molar-refractivity contribution in [3.8, 4) is 0 Å². The van der Waals surface area contributed by atoms with Crippen molar-refractivity contribution < 1.29 is 13.9 Å². The number of methoxy groups -OCH3 is 1. The van der Waals surface area contributed by atoms with Gasteiger partial charge in [-0.3, -0.25) is 4.79 Å². The largest absolute Gasteiger partial charge is 0.383 e. The topological polar surface area (TPSA) is 50.4 Å². The van der Waals surface area contributed by atoms with Gasteiger partial charge in [0.1, 0.15) is 5.82 Å². The van der Waals surface area contributed by atoms with Crippen molar-refractivity contribution in [1.82, 2.24) is 10.6 Å². The van der Waals surface area contributed by atoms with E-state index < -0.39 is 6.04 Å². The van der Waals surface area contributed by atoms with Gasteiger partial charge in [-0.25, -0.2) is 4.39 Å². The summed E-state index contributed by atoms with van der Waals surface area (Å²) in [4.78, 5) is 12.2. The summed E-state index contributed by atoms with van der Waals surface area (Å²) >= 11 is 0. The van der Waals surface area contributed by atoms with Crippen LogP contribution in [0.3, 0.4) is 0 Å². The van der Waals surface area contributed by atoms with Crippen LogP contribution >= 0.6 is 12.4 Å². The van der Waals surface area contributed by atoms with Crippen LogP contribution in [0.15, 0.2) is 54.6 Å². The van der Waals surface area contributed by atoms with Crippen LogP contribution in [0.5, 0.6) is 0 Å². The molecule has 0 aliphatic rings. The summed E-state index contributed by atoms with van der Waals surface area (Å²) in [6.07, 6.45) is 0.533. The van der Waals surface area contributed by atoms with Crippen molar-refractivity contribution in [2.75, 3.05) is 26.8 Å². The van der Waals surface area contributed by atoms with Crippen LogP contribution in [0.2, 0.25) is 0 Å². The average Bonchev–Trinajstić information content (AvgIpc) is 2.59. The van der Waals surface area contributed by atoms with Gasteiger partial charge < -0.3 is 15.4 Å². The van der Waals surface area contributed by atoms with Gasteiger partial charge in [-0.2, -0.15) is 0 Å². The van der Waals surface area contributed by atoms with E-state index in [0.29, 0.717) is 25.1 Å². The van der Waals surface area contributed by atoms with Crippen molar-refractivity contribution >= 4 is 18.3 Å². The van der Waals surface area contributed by atoms with Crippen LogP contribution in [0.25, 0.3) is 0 Å². The number of nitrogens with one attached hydrogen (secondary N) is 2. The zero-order valence-electron chi connectivity index (χ0n) is 14.2. The molecule has 1 amide bonds. The molecule has 0 aromatic heterocycles. The van der Waals surface area contributed by atoms with Crippen LogP contribution < -0.4 is 10.6 Å². The van der Waals surface area contributed by atoms with Gasteiger partial charge >= 0.3 is 0 Å². The van der Waals surface area contributed by atoms with Gasteiger partial charge in [0.05, 0.1) is 19.2 Å². The van der Waals surface area contributed by atoms with E-state index in [-0.39, 0.29) is 30.7 Å². The molecule has 0 saturated carbocycles. The monoisotopic (exact) mass is 366 g/mol. The highest BCUT2D eigenvalue weighted by Gasteiger charge is 2.18. The second kappa shape index (κ2) is 11.6. The van der Waals surface area contributed by atoms with Crippen molar-refractivity contribution in [2.24, 2.45) is 0 Å². The van der Waals surface area contributed by atoms with Crippen molar-refractivity contribution in [1.29, 1.82) is 0 Å². The quantitative estimate of drug-likeness (QED) is 0.671. The van der Waals surface area contributed by atoms with E-state index in [1.165, 1.54) is 6.07 Å². The van der Waals surface area contributed by atoms with Gasteiger partial charge in [-0.1, -0.05) is 48.5 Å². The number of carbonyl (C=O) groups excluding carboxylic acids is 1. The molecule has 4 nitrogen and oxygen atoms in total. The fourth-order valence-electron chi connectivity index (χ4n) is 2.47. The summed E-state index contributed by atoms with van der Waals surface area (Å²) in [6, 6.07) is 15.9. The molecule has 25 heavy (non-hydrogen) atoms. The third-order valence-electron chi connectivity index (χ3n) is 3.67. The zero-order valence-corrected chi connectivity index (χ0v) is 15.0. The van der Waals surface area contributed by atoms with E-state index in [1.807, 2.05) is 30.3 Å². The zero-order chi connectivity index (χ0) is 17.2. The fourth-order valence-corrected chi connectivity index (χ4v) is 2.47. The minimum Gasteiger partial charge on any atom is -0.383 e. The molecule has 0 spiro atoms. The normalized spacial score (nSPS) is 11.4. The second-order valence-corrected chi connectivity index (χ2v) is 5.50. The lowest BCUT2D eigenvalue weighted by molar-refractivity contribution is -0.121. The maximum absolute atomic E-state index is 14.2. The predicted octanol–water partition coefficient (Wildman–Crippen LogP) is 2.88. The Bertz CT molecular complexity index is 640. The van der Waals surface area contributed by atoms with E-state index in [2.05, 4.69) is 10.6 Å². The number of hydrogen-bond acceptors (Lipinski definition) is 3. The molecule has 0 aliphatic carbocycles. The Hall–Kier alpha value is -1.95. The molecule has 0 fully saturated rings. The molecule has 136 valence electrons.